The zero-order chi connectivity index (χ0) is 20.8. The molecule has 3 heterocycles. The summed E-state index contributed by atoms with van der Waals surface area (Å²) in [7, 11) is 5.93. The standard InChI is InChI=1S/C25H29N3O2.ClH/c1-27-18-11-12-19(27)15-17(14-18)26-25(29)23-21-9-4-5-10-22(21)28(2)24(23)16-7-6-8-20(13-16)30-3;/h4-10,13,17-19H,11-12,14-15H2,1-3H3,(H,26,29);1H. The maximum atomic E-state index is 13.6. The summed E-state index contributed by atoms with van der Waals surface area (Å²) < 4.78 is 7.56. The Labute approximate surface area is 189 Å². The predicted octanol–water partition coefficient (Wildman–Crippen LogP) is 4.63. The number of carbonyl (C=O) groups is 1. The highest BCUT2D eigenvalue weighted by atomic mass is 35.5. The van der Waals surface area contributed by atoms with Crippen LogP contribution >= 0.6 is 12.4 Å². The molecule has 2 fully saturated rings. The van der Waals surface area contributed by atoms with Crippen molar-refractivity contribution >= 4 is 29.2 Å². The Balaban J connectivity index is 0.00000231. The Morgan fingerprint density at radius 3 is 2.45 bits per heavy atom. The second kappa shape index (κ2) is 8.56. The van der Waals surface area contributed by atoms with Crippen molar-refractivity contribution in [3.05, 3.63) is 54.1 Å². The Hall–Kier alpha value is -2.50. The number of methoxy groups -OCH3 is 1. The van der Waals surface area contributed by atoms with Crippen LogP contribution in [0.15, 0.2) is 48.5 Å². The number of nitrogens with one attached hydrogen (secondary N) is 1. The minimum atomic E-state index is 0. The highest BCUT2D eigenvalue weighted by molar-refractivity contribution is 6.13. The van der Waals surface area contributed by atoms with Crippen molar-refractivity contribution in [1.82, 2.24) is 14.8 Å². The van der Waals surface area contributed by atoms with E-state index < -0.39 is 0 Å². The number of nitrogens with zero attached hydrogens (tertiary/aromatic N) is 2. The van der Waals surface area contributed by atoms with E-state index in [4.69, 9.17) is 4.74 Å². The van der Waals surface area contributed by atoms with Gasteiger partial charge < -0.3 is 19.5 Å². The van der Waals surface area contributed by atoms with E-state index in [-0.39, 0.29) is 24.4 Å². The van der Waals surface area contributed by atoms with Crippen molar-refractivity contribution in [2.24, 2.45) is 7.05 Å². The summed E-state index contributed by atoms with van der Waals surface area (Å²) in [5, 5.41) is 4.38. The third kappa shape index (κ3) is 3.70. The molecule has 0 spiro atoms. The van der Waals surface area contributed by atoms with Crippen molar-refractivity contribution < 1.29 is 9.53 Å². The van der Waals surface area contributed by atoms with Gasteiger partial charge in [-0.05, 0) is 50.9 Å². The molecule has 2 atom stereocenters. The molecule has 1 N–H and O–H groups in total. The predicted molar refractivity (Wildman–Crippen MR) is 127 cm³/mol. The second-order valence-electron chi connectivity index (χ2n) is 8.72. The molecule has 3 aromatic rings. The zero-order valence-electron chi connectivity index (χ0n) is 18.3. The first-order chi connectivity index (χ1) is 14.6. The van der Waals surface area contributed by atoms with Gasteiger partial charge in [-0.1, -0.05) is 30.3 Å². The molecule has 164 valence electrons. The van der Waals surface area contributed by atoms with E-state index in [0.29, 0.717) is 12.1 Å². The Morgan fingerprint density at radius 1 is 1.03 bits per heavy atom. The molecule has 1 amide bonds. The first-order valence-electron chi connectivity index (χ1n) is 10.8. The van der Waals surface area contributed by atoms with E-state index in [0.717, 1.165) is 46.3 Å². The number of aryl methyl sites for hydroxylation is 1. The minimum Gasteiger partial charge on any atom is -0.497 e. The summed E-state index contributed by atoms with van der Waals surface area (Å²) in [6.45, 7) is 0. The van der Waals surface area contributed by atoms with E-state index >= 15 is 0 Å². The van der Waals surface area contributed by atoms with Gasteiger partial charge in [0.25, 0.3) is 5.91 Å². The van der Waals surface area contributed by atoms with Gasteiger partial charge in [0, 0.05) is 41.6 Å². The number of hydrogen-bond donors (Lipinski definition) is 1. The maximum absolute atomic E-state index is 13.6. The molecule has 2 aliphatic rings. The SMILES string of the molecule is COc1cccc(-c2c(C(=O)NC3CC4CCC(C3)N4C)c3ccccc3n2C)c1.Cl. The lowest BCUT2D eigenvalue weighted by Crippen LogP contribution is -2.48. The fourth-order valence-corrected chi connectivity index (χ4v) is 5.52. The third-order valence-electron chi connectivity index (χ3n) is 7.11. The molecule has 5 rings (SSSR count). The molecule has 0 aliphatic carbocycles. The zero-order valence-corrected chi connectivity index (χ0v) is 19.1. The van der Waals surface area contributed by atoms with Crippen molar-refractivity contribution in [3.63, 3.8) is 0 Å². The van der Waals surface area contributed by atoms with Crippen LogP contribution in [0.25, 0.3) is 22.2 Å². The van der Waals surface area contributed by atoms with E-state index in [9.17, 15) is 4.79 Å². The van der Waals surface area contributed by atoms with Crippen LogP contribution in [0, 0.1) is 0 Å². The average molecular weight is 440 g/mol. The summed E-state index contributed by atoms with van der Waals surface area (Å²) in [4.78, 5) is 16.1. The molecular formula is C25H30ClN3O2. The van der Waals surface area contributed by atoms with Crippen LogP contribution in [0.2, 0.25) is 0 Å². The van der Waals surface area contributed by atoms with Crippen LogP contribution in [0.5, 0.6) is 5.75 Å². The number of para-hydroxylation sites is 1. The summed E-state index contributed by atoms with van der Waals surface area (Å²) in [6, 6.07) is 17.5. The highest BCUT2D eigenvalue weighted by Gasteiger charge is 2.39. The number of piperidine rings is 1. The van der Waals surface area contributed by atoms with Gasteiger partial charge >= 0.3 is 0 Å². The first-order valence-corrected chi connectivity index (χ1v) is 10.8. The van der Waals surface area contributed by atoms with Gasteiger partial charge in [0.1, 0.15) is 5.75 Å². The van der Waals surface area contributed by atoms with Gasteiger partial charge in [-0.15, -0.1) is 12.4 Å². The van der Waals surface area contributed by atoms with Gasteiger partial charge in [-0.2, -0.15) is 0 Å². The monoisotopic (exact) mass is 439 g/mol. The molecule has 5 nitrogen and oxygen atoms in total. The van der Waals surface area contributed by atoms with Gasteiger partial charge in [-0.3, -0.25) is 4.79 Å². The normalized spacial score (nSPS) is 22.9. The molecule has 2 bridgehead atoms. The molecule has 6 heteroatoms. The van der Waals surface area contributed by atoms with Crippen LogP contribution in [-0.4, -0.2) is 47.7 Å². The topological polar surface area (TPSA) is 46.5 Å². The summed E-state index contributed by atoms with van der Waals surface area (Å²) >= 11 is 0. The van der Waals surface area contributed by atoms with Gasteiger partial charge in [0.2, 0.25) is 0 Å². The summed E-state index contributed by atoms with van der Waals surface area (Å²) in [6.07, 6.45) is 4.57. The number of fused-ring (bicyclic) bond motifs is 3. The van der Waals surface area contributed by atoms with Crippen LogP contribution in [-0.2, 0) is 7.05 Å². The number of rotatable bonds is 4. The molecule has 2 aliphatic heterocycles. The minimum absolute atomic E-state index is 0. The van der Waals surface area contributed by atoms with Crippen molar-refractivity contribution in [1.29, 1.82) is 0 Å². The number of amides is 1. The van der Waals surface area contributed by atoms with Crippen molar-refractivity contribution in [3.8, 4) is 17.0 Å². The lowest BCUT2D eigenvalue weighted by molar-refractivity contribution is 0.0884. The Morgan fingerprint density at radius 2 is 1.74 bits per heavy atom. The van der Waals surface area contributed by atoms with E-state index in [1.807, 2.05) is 49.5 Å². The summed E-state index contributed by atoms with van der Waals surface area (Å²) in [5.41, 5.74) is 3.74. The van der Waals surface area contributed by atoms with Crippen molar-refractivity contribution in [2.75, 3.05) is 14.2 Å². The van der Waals surface area contributed by atoms with Gasteiger partial charge in [-0.25, -0.2) is 0 Å². The van der Waals surface area contributed by atoms with Gasteiger partial charge in [0.15, 0.2) is 0 Å². The number of carbonyl (C=O) groups excluding carboxylic acids is 1. The smallest absolute Gasteiger partial charge is 0.254 e. The molecule has 0 saturated carbocycles. The van der Waals surface area contributed by atoms with E-state index in [2.05, 4.69) is 27.9 Å². The van der Waals surface area contributed by atoms with E-state index in [1.165, 1.54) is 12.8 Å². The molecule has 2 unspecified atom stereocenters. The number of hydrogen-bond acceptors (Lipinski definition) is 3. The summed E-state index contributed by atoms with van der Waals surface area (Å²) in [5.74, 6) is 0.814. The molecule has 2 saturated heterocycles. The second-order valence-corrected chi connectivity index (χ2v) is 8.72. The number of halogens is 1. The first kappa shape index (κ1) is 21.7. The van der Waals surface area contributed by atoms with Crippen LogP contribution in [0.3, 0.4) is 0 Å². The number of aromatic nitrogens is 1. The lowest BCUT2D eigenvalue weighted by atomic mass is 9.97. The fourth-order valence-electron chi connectivity index (χ4n) is 5.52. The van der Waals surface area contributed by atoms with Gasteiger partial charge in [0.05, 0.1) is 18.4 Å². The lowest BCUT2D eigenvalue weighted by Gasteiger charge is -2.36. The highest BCUT2D eigenvalue weighted by Crippen LogP contribution is 2.37. The Bertz CT molecular complexity index is 1100. The number of benzene rings is 2. The maximum Gasteiger partial charge on any atom is 0.254 e. The third-order valence-corrected chi connectivity index (χ3v) is 7.11. The van der Waals surface area contributed by atoms with Crippen LogP contribution < -0.4 is 10.1 Å². The molecule has 2 aromatic carbocycles. The Kier molecular flexibility index (Phi) is 6.00. The largest absolute Gasteiger partial charge is 0.497 e. The van der Waals surface area contributed by atoms with Crippen LogP contribution in [0.1, 0.15) is 36.0 Å². The molecule has 0 radical (unpaired) electrons. The average Bonchev–Trinajstić information content (AvgIpc) is 3.15. The fraction of sp³-hybridized carbons (Fsp3) is 0.400. The molecule has 31 heavy (non-hydrogen) atoms. The molecule has 1 aromatic heterocycles. The molecular weight excluding hydrogens is 410 g/mol. The number of ether oxygens (including phenoxy) is 1. The van der Waals surface area contributed by atoms with Crippen LogP contribution in [0.4, 0.5) is 0 Å². The quantitative estimate of drug-likeness (QED) is 0.644. The van der Waals surface area contributed by atoms with Crippen molar-refractivity contribution in [2.45, 2.75) is 43.8 Å². The van der Waals surface area contributed by atoms with E-state index in [1.54, 1.807) is 7.11 Å².